The summed E-state index contributed by atoms with van der Waals surface area (Å²) < 4.78 is 2.40. The number of rotatable bonds is 5. The van der Waals surface area contributed by atoms with Crippen molar-refractivity contribution in [3.05, 3.63) is 174 Å². The van der Waals surface area contributed by atoms with E-state index in [0.29, 0.717) is 6.54 Å². The first-order valence-corrected chi connectivity index (χ1v) is 16.3. The first kappa shape index (κ1) is 27.8. The highest BCUT2D eigenvalue weighted by Gasteiger charge is 2.31. The maximum Gasteiger partial charge on any atom is 0.111 e. The first-order chi connectivity index (χ1) is 23.3. The summed E-state index contributed by atoms with van der Waals surface area (Å²) in [4.78, 5) is 0. The van der Waals surface area contributed by atoms with Gasteiger partial charge in [0, 0.05) is 17.3 Å². The fourth-order valence-corrected chi connectivity index (χ4v) is 7.24. The van der Waals surface area contributed by atoms with Gasteiger partial charge in [-0.3, -0.25) is 20.5 Å². The lowest BCUT2D eigenvalue weighted by molar-refractivity contribution is 0.220. The van der Waals surface area contributed by atoms with Crippen LogP contribution in [-0.4, -0.2) is 17.3 Å². The van der Waals surface area contributed by atoms with Crippen LogP contribution in [-0.2, 0) is 0 Å². The minimum Gasteiger partial charge on any atom is -0.367 e. The van der Waals surface area contributed by atoms with E-state index in [1.165, 1.54) is 60.4 Å². The van der Waals surface area contributed by atoms with Gasteiger partial charge in [-0.25, -0.2) is 0 Å². The maximum absolute atomic E-state index is 3.83. The Labute approximate surface area is 274 Å². The summed E-state index contributed by atoms with van der Waals surface area (Å²) in [5, 5.41) is 20.3. The SMILES string of the molecule is C1=C(C2NC(c3ccccc3)NC(c3ccccc3)N2)CNC(n2c3cc(-c4ccccc4)ccc3c3c4ccccc4ccc32)=C1. The summed E-state index contributed by atoms with van der Waals surface area (Å²) in [6.07, 6.45) is 4.50. The molecule has 2 atom stereocenters. The van der Waals surface area contributed by atoms with E-state index >= 15 is 0 Å². The molecular formula is C42H35N5. The van der Waals surface area contributed by atoms with Crippen molar-refractivity contribution in [3.63, 3.8) is 0 Å². The molecule has 2 aliphatic rings. The number of aromatic nitrogens is 1. The van der Waals surface area contributed by atoms with Gasteiger partial charge in [0.05, 0.1) is 29.5 Å². The van der Waals surface area contributed by atoms with E-state index in [0.717, 1.165) is 5.82 Å². The molecule has 4 N–H and O–H groups in total. The summed E-state index contributed by atoms with van der Waals surface area (Å²) in [5.41, 5.74) is 8.51. The topological polar surface area (TPSA) is 53.0 Å². The molecule has 0 aliphatic carbocycles. The van der Waals surface area contributed by atoms with E-state index in [1.54, 1.807) is 0 Å². The Balaban J connectivity index is 1.14. The predicted octanol–water partition coefficient (Wildman–Crippen LogP) is 8.45. The average molecular weight is 610 g/mol. The summed E-state index contributed by atoms with van der Waals surface area (Å²) >= 11 is 0. The van der Waals surface area contributed by atoms with Gasteiger partial charge < -0.3 is 5.32 Å². The number of nitrogens with zero attached hydrogens (tertiary/aromatic N) is 1. The molecule has 1 aromatic heterocycles. The second-order valence-electron chi connectivity index (χ2n) is 12.4. The minimum absolute atomic E-state index is 0.000886. The van der Waals surface area contributed by atoms with Crippen LogP contribution < -0.4 is 21.3 Å². The van der Waals surface area contributed by atoms with E-state index in [2.05, 4.69) is 184 Å². The molecule has 228 valence electrons. The van der Waals surface area contributed by atoms with Gasteiger partial charge in [-0.05, 0) is 56.8 Å². The zero-order valence-electron chi connectivity index (χ0n) is 25.9. The smallest absolute Gasteiger partial charge is 0.111 e. The number of dihydropyridines is 1. The molecule has 1 fully saturated rings. The minimum atomic E-state index is -0.0243. The Morgan fingerprint density at radius 1 is 0.489 bits per heavy atom. The van der Waals surface area contributed by atoms with Crippen LogP contribution in [0.5, 0.6) is 0 Å². The van der Waals surface area contributed by atoms with Crippen molar-refractivity contribution in [2.24, 2.45) is 0 Å². The summed E-state index contributed by atoms with van der Waals surface area (Å²) in [6.45, 7) is 0.715. The molecule has 47 heavy (non-hydrogen) atoms. The molecule has 0 bridgehead atoms. The number of hydrogen-bond donors (Lipinski definition) is 4. The van der Waals surface area contributed by atoms with Crippen molar-refractivity contribution in [2.45, 2.75) is 18.5 Å². The van der Waals surface area contributed by atoms with Gasteiger partial charge in [-0.2, -0.15) is 0 Å². The van der Waals surface area contributed by atoms with Crippen molar-refractivity contribution in [2.75, 3.05) is 6.54 Å². The normalized spacial score (nSPS) is 19.8. The van der Waals surface area contributed by atoms with Crippen molar-refractivity contribution in [3.8, 4) is 11.1 Å². The van der Waals surface area contributed by atoms with E-state index < -0.39 is 0 Å². The summed E-state index contributed by atoms with van der Waals surface area (Å²) in [7, 11) is 0. The van der Waals surface area contributed by atoms with Crippen LogP contribution in [0.25, 0.3) is 49.5 Å². The lowest BCUT2D eigenvalue weighted by Crippen LogP contribution is -2.60. The number of benzene rings is 6. The zero-order valence-corrected chi connectivity index (χ0v) is 25.9. The molecule has 5 nitrogen and oxygen atoms in total. The Morgan fingerprint density at radius 2 is 1.13 bits per heavy atom. The highest BCUT2D eigenvalue weighted by molar-refractivity contribution is 6.22. The molecule has 0 radical (unpaired) electrons. The molecule has 1 saturated heterocycles. The fraction of sp³-hybridized carbons (Fsp3) is 0.0952. The highest BCUT2D eigenvalue weighted by Crippen LogP contribution is 2.38. The second kappa shape index (κ2) is 11.7. The van der Waals surface area contributed by atoms with Crippen LogP contribution in [0.4, 0.5) is 0 Å². The Morgan fingerprint density at radius 3 is 1.81 bits per heavy atom. The molecule has 2 aliphatic heterocycles. The number of allylic oxidation sites excluding steroid dienone is 2. The summed E-state index contributed by atoms with van der Waals surface area (Å²) in [6, 6.07) is 52.0. The van der Waals surface area contributed by atoms with Gasteiger partial charge in [0.15, 0.2) is 0 Å². The second-order valence-corrected chi connectivity index (χ2v) is 12.4. The third kappa shape index (κ3) is 5.02. The van der Waals surface area contributed by atoms with E-state index in [9.17, 15) is 0 Å². The summed E-state index contributed by atoms with van der Waals surface area (Å²) in [5.74, 6) is 1.07. The van der Waals surface area contributed by atoms with E-state index in [1.807, 2.05) is 0 Å². The molecule has 9 rings (SSSR count). The van der Waals surface area contributed by atoms with Gasteiger partial charge in [-0.1, -0.05) is 140 Å². The van der Waals surface area contributed by atoms with Crippen LogP contribution in [0, 0.1) is 0 Å². The van der Waals surface area contributed by atoms with E-state index in [-0.39, 0.29) is 18.5 Å². The van der Waals surface area contributed by atoms with E-state index in [4.69, 9.17) is 0 Å². The lowest BCUT2D eigenvalue weighted by Gasteiger charge is -2.41. The third-order valence-electron chi connectivity index (χ3n) is 9.57. The molecule has 5 heteroatoms. The first-order valence-electron chi connectivity index (χ1n) is 16.3. The monoisotopic (exact) mass is 609 g/mol. The quantitative estimate of drug-likeness (QED) is 0.158. The number of nitrogens with one attached hydrogen (secondary N) is 4. The number of hydrogen-bond acceptors (Lipinski definition) is 4. The molecule has 7 aromatic rings. The fourth-order valence-electron chi connectivity index (χ4n) is 7.24. The van der Waals surface area contributed by atoms with Crippen molar-refractivity contribution in [1.82, 2.24) is 25.8 Å². The number of fused-ring (bicyclic) bond motifs is 5. The lowest BCUT2D eigenvalue weighted by atomic mass is 10.0. The van der Waals surface area contributed by atoms with Crippen LogP contribution >= 0.6 is 0 Å². The van der Waals surface area contributed by atoms with Crippen LogP contribution in [0.15, 0.2) is 163 Å². The van der Waals surface area contributed by atoms with Crippen LogP contribution in [0.3, 0.4) is 0 Å². The molecular weight excluding hydrogens is 574 g/mol. The van der Waals surface area contributed by atoms with Crippen molar-refractivity contribution >= 4 is 38.4 Å². The third-order valence-corrected chi connectivity index (χ3v) is 9.57. The molecule has 0 spiro atoms. The van der Waals surface area contributed by atoms with Gasteiger partial charge in [0.2, 0.25) is 0 Å². The van der Waals surface area contributed by atoms with Crippen molar-refractivity contribution in [1.29, 1.82) is 0 Å². The van der Waals surface area contributed by atoms with Crippen LogP contribution in [0.2, 0.25) is 0 Å². The molecule has 3 heterocycles. The zero-order chi connectivity index (χ0) is 31.2. The Kier molecular flexibility index (Phi) is 6.94. The van der Waals surface area contributed by atoms with Crippen LogP contribution in [0.1, 0.15) is 23.5 Å². The van der Waals surface area contributed by atoms with Gasteiger partial charge in [0.25, 0.3) is 0 Å². The molecule has 2 unspecified atom stereocenters. The predicted molar refractivity (Wildman–Crippen MR) is 194 cm³/mol. The molecule has 0 saturated carbocycles. The average Bonchev–Trinajstić information content (AvgIpc) is 3.50. The van der Waals surface area contributed by atoms with Gasteiger partial charge >= 0.3 is 0 Å². The standard InChI is InChI=1S/C42H35N5/c1-4-12-28(13-5-1)32-20-23-35-37(26-32)47(36-24-21-29-14-10-11-19-34(29)39(35)36)38-25-22-33(27-43-38)42-45-40(30-15-6-2-7-16-30)44-41(46-42)31-17-8-3-9-18-31/h1-26,40-46H,27H2. The van der Waals surface area contributed by atoms with Crippen molar-refractivity contribution < 1.29 is 0 Å². The molecule has 0 amide bonds. The van der Waals surface area contributed by atoms with Gasteiger partial charge in [0.1, 0.15) is 5.82 Å². The maximum atomic E-state index is 3.83. The van der Waals surface area contributed by atoms with Gasteiger partial charge in [-0.15, -0.1) is 0 Å². The largest absolute Gasteiger partial charge is 0.367 e. The Hall–Kier alpha value is -5.46. The highest BCUT2D eigenvalue weighted by atomic mass is 15.4. The Bertz CT molecular complexity index is 2240. The molecule has 6 aromatic carbocycles.